The van der Waals surface area contributed by atoms with Crippen LogP contribution in [0.15, 0.2) is 21.9 Å². The van der Waals surface area contributed by atoms with Gasteiger partial charge < -0.3 is 0 Å². The maximum atomic E-state index is 3.59. The van der Waals surface area contributed by atoms with E-state index in [1.807, 2.05) is 6.08 Å². The maximum absolute atomic E-state index is 3.59. The first-order chi connectivity index (χ1) is 2.81. The molecule has 0 N–H and O–H groups in total. The Balaban J connectivity index is 3.50. The molecule has 0 fully saturated rings. The van der Waals surface area contributed by atoms with Crippen LogP contribution in [-0.2, 0) is 0 Å². The molecule has 2 radical (unpaired) electrons. The predicted octanol–water partition coefficient (Wildman–Crippen LogP) is 0.977. The molecule has 0 aliphatic heterocycles. The Hall–Kier alpha value is 0.402. The summed E-state index contributed by atoms with van der Waals surface area (Å²) >= 11 is 0.980. The van der Waals surface area contributed by atoms with E-state index in [4.69, 9.17) is 0 Å². The first-order valence-electron chi connectivity index (χ1n) is 1.82. The predicted molar refractivity (Wildman–Crippen MR) is 31.1 cm³/mol. The molecule has 0 saturated carbocycles. The fourth-order valence-electron chi connectivity index (χ4n) is 0.0680. The summed E-state index contributed by atoms with van der Waals surface area (Å²) in [7, 11) is 0. The van der Waals surface area contributed by atoms with Gasteiger partial charge in [0.1, 0.15) is 0 Å². The molecule has 1 heteroatoms. The second-order valence-electron chi connectivity index (χ2n) is 1.11. The number of rotatable bonds is 1. The number of hydrogen-bond donors (Lipinski definition) is 0. The molecule has 0 aliphatic rings. The molecular weight excluding hydrogens is 267 g/mol. The Bertz CT molecular complexity index is 72.0. The average molecular weight is 275 g/mol. The van der Waals surface area contributed by atoms with Gasteiger partial charge in [0.05, 0.1) is 0 Å². The zero-order valence-corrected chi connectivity index (χ0v) is 8.43. The molecule has 0 nitrogen and oxygen atoms in total. The van der Waals surface area contributed by atoms with Crippen molar-refractivity contribution in [1.82, 2.24) is 0 Å². The van der Waals surface area contributed by atoms with Crippen LogP contribution in [-0.4, -0.2) is 25.8 Å². The van der Waals surface area contributed by atoms with Gasteiger partial charge in [0.2, 0.25) is 0 Å². The van der Waals surface area contributed by atoms with Crippen molar-refractivity contribution >= 4 is 25.8 Å². The summed E-state index contributed by atoms with van der Waals surface area (Å²) < 4.78 is 2.19. The first kappa shape index (κ1) is 6.40. The molecule has 0 aromatic carbocycles. The standard InChI is InChI=1S/C5H7.Pb.H/c1-4-5(2)3;;/h2,4H,1H2,3H3;;. The van der Waals surface area contributed by atoms with E-state index in [-0.39, 0.29) is 0 Å². The second-order valence-corrected chi connectivity index (χ2v) is 2.41. The zero-order chi connectivity index (χ0) is 4.99. The summed E-state index contributed by atoms with van der Waals surface area (Å²) in [5.74, 6) is 0. The van der Waals surface area contributed by atoms with Gasteiger partial charge in [0, 0.05) is 0 Å². The molecule has 32 valence electrons. The molecule has 0 rings (SSSR count). The molecule has 0 amide bonds. The number of hydrogen-bond acceptors (Lipinski definition) is 0. The molecule has 0 aromatic heterocycles. The van der Waals surface area contributed by atoms with Crippen LogP contribution < -0.4 is 0 Å². The van der Waals surface area contributed by atoms with Crippen LogP contribution in [0.25, 0.3) is 0 Å². The van der Waals surface area contributed by atoms with Gasteiger partial charge in [-0.2, -0.15) is 0 Å². The number of allylic oxidation sites excluding steroid dienone is 2. The van der Waals surface area contributed by atoms with Gasteiger partial charge >= 0.3 is 54.6 Å². The Morgan fingerprint density at radius 3 is 2.33 bits per heavy atom. The summed E-state index contributed by atoms with van der Waals surface area (Å²) in [5.41, 5.74) is 1.31. The van der Waals surface area contributed by atoms with Crippen molar-refractivity contribution in [2.24, 2.45) is 0 Å². The summed E-state index contributed by atoms with van der Waals surface area (Å²) in [6.07, 6.45) is 1.88. The van der Waals surface area contributed by atoms with Crippen molar-refractivity contribution in [3.8, 4) is 0 Å². The molecule has 0 saturated heterocycles. The third-order valence-electron chi connectivity index (χ3n) is 0.585. The molecular formula is C5H8Pb. The van der Waals surface area contributed by atoms with Crippen LogP contribution in [0, 0.1) is 0 Å². The van der Waals surface area contributed by atoms with Crippen molar-refractivity contribution in [2.75, 3.05) is 0 Å². The molecule has 0 atom stereocenters. The van der Waals surface area contributed by atoms with E-state index in [1.165, 1.54) is 5.57 Å². The Morgan fingerprint density at radius 1 is 1.83 bits per heavy atom. The molecule has 6 heavy (non-hydrogen) atoms. The van der Waals surface area contributed by atoms with Crippen LogP contribution >= 0.6 is 0 Å². The van der Waals surface area contributed by atoms with Crippen LogP contribution in [0.4, 0.5) is 0 Å². The summed E-state index contributed by atoms with van der Waals surface area (Å²) in [5, 5.41) is 0. The third kappa shape index (κ3) is 2.63. The van der Waals surface area contributed by atoms with Crippen LogP contribution in [0.5, 0.6) is 0 Å². The Labute approximate surface area is 54.6 Å². The summed E-state index contributed by atoms with van der Waals surface area (Å²) in [4.78, 5) is 0. The normalized spacial score (nSPS) is 11.3. The van der Waals surface area contributed by atoms with Gasteiger partial charge in [-0.25, -0.2) is 0 Å². The van der Waals surface area contributed by atoms with E-state index in [0.717, 1.165) is 25.8 Å². The fourth-order valence-corrected chi connectivity index (χ4v) is 0.597. The quantitative estimate of drug-likeness (QED) is 0.494. The van der Waals surface area contributed by atoms with E-state index in [1.54, 1.807) is 0 Å². The molecule has 0 bridgehead atoms. The van der Waals surface area contributed by atoms with Gasteiger partial charge in [-0.3, -0.25) is 0 Å². The van der Waals surface area contributed by atoms with Crippen molar-refractivity contribution in [2.45, 2.75) is 6.92 Å². The van der Waals surface area contributed by atoms with Crippen molar-refractivity contribution in [3.63, 3.8) is 0 Å². The minimum atomic E-state index is 0.980. The first-order valence-corrected chi connectivity index (χ1v) is 4.41. The SMILES string of the molecule is C=CC(C)=[CH][PbH]. The van der Waals surface area contributed by atoms with E-state index in [0.29, 0.717) is 0 Å². The van der Waals surface area contributed by atoms with Crippen molar-refractivity contribution in [3.05, 3.63) is 21.9 Å². The molecule has 0 unspecified atom stereocenters. The van der Waals surface area contributed by atoms with Gasteiger partial charge in [0.15, 0.2) is 0 Å². The van der Waals surface area contributed by atoms with Crippen LogP contribution in [0.3, 0.4) is 0 Å². The van der Waals surface area contributed by atoms with Gasteiger partial charge in [-0.15, -0.1) is 0 Å². The van der Waals surface area contributed by atoms with Crippen LogP contribution in [0.2, 0.25) is 0 Å². The molecule has 0 heterocycles. The van der Waals surface area contributed by atoms with Crippen molar-refractivity contribution in [1.29, 1.82) is 0 Å². The molecule has 0 aliphatic carbocycles. The fraction of sp³-hybridized carbons (Fsp3) is 0.200. The second kappa shape index (κ2) is 3.59. The van der Waals surface area contributed by atoms with Crippen molar-refractivity contribution < 1.29 is 0 Å². The zero-order valence-electron chi connectivity index (χ0n) is 3.94. The van der Waals surface area contributed by atoms with Gasteiger partial charge in [-0.1, -0.05) is 0 Å². The van der Waals surface area contributed by atoms with Gasteiger partial charge in [0.25, 0.3) is 0 Å². The average Bonchev–Trinajstić information content (AvgIpc) is 1.65. The molecule has 0 spiro atoms. The Morgan fingerprint density at radius 2 is 2.33 bits per heavy atom. The summed E-state index contributed by atoms with van der Waals surface area (Å²) in [6.45, 7) is 5.65. The minimum absolute atomic E-state index is 0.980. The third-order valence-corrected chi connectivity index (χ3v) is 2.63. The van der Waals surface area contributed by atoms with E-state index in [2.05, 4.69) is 17.1 Å². The van der Waals surface area contributed by atoms with E-state index >= 15 is 0 Å². The Kier molecular flexibility index (Phi) is 3.83. The molecule has 0 aromatic rings. The van der Waals surface area contributed by atoms with E-state index < -0.39 is 0 Å². The van der Waals surface area contributed by atoms with Crippen LogP contribution in [0.1, 0.15) is 6.92 Å². The monoisotopic (exact) mass is 276 g/mol. The van der Waals surface area contributed by atoms with Gasteiger partial charge in [-0.05, 0) is 0 Å². The topological polar surface area (TPSA) is 0 Å². The summed E-state index contributed by atoms with van der Waals surface area (Å²) in [6, 6.07) is 0. The van der Waals surface area contributed by atoms with E-state index in [9.17, 15) is 0 Å².